The van der Waals surface area contributed by atoms with Crippen LogP contribution in [0.1, 0.15) is 12.8 Å². The molecule has 0 bridgehead atoms. The molecule has 2 rings (SSSR count). The van der Waals surface area contributed by atoms with E-state index in [0.29, 0.717) is 6.04 Å². The van der Waals surface area contributed by atoms with Crippen molar-refractivity contribution in [1.82, 2.24) is 10.4 Å². The van der Waals surface area contributed by atoms with Crippen LogP contribution in [0.15, 0.2) is 18.3 Å². The molecule has 0 radical (unpaired) electrons. The molecule has 2 heterocycles. The number of hydrazine groups is 1. The molecule has 1 aliphatic rings. The SMILES string of the molecule is Ic1ccnc(NNC2CCOCC2)c1. The second kappa shape index (κ2) is 5.62. The molecule has 0 amide bonds. The number of aromatic nitrogens is 1. The standard InChI is InChI=1S/C10H14IN3O/c11-8-1-4-12-10(7-8)14-13-9-2-5-15-6-3-9/h1,4,7,9,13H,2-3,5-6H2,(H,12,14). The Bertz CT molecular complexity index is 315. The van der Waals surface area contributed by atoms with Crippen molar-refractivity contribution in [3.05, 3.63) is 21.9 Å². The van der Waals surface area contributed by atoms with Crippen LogP contribution in [0, 0.1) is 3.57 Å². The van der Waals surface area contributed by atoms with Gasteiger partial charge in [-0.15, -0.1) is 0 Å². The van der Waals surface area contributed by atoms with Gasteiger partial charge in [-0.05, 0) is 47.6 Å². The van der Waals surface area contributed by atoms with Crippen molar-refractivity contribution in [1.29, 1.82) is 0 Å². The first-order valence-corrected chi connectivity index (χ1v) is 6.13. The van der Waals surface area contributed by atoms with Gasteiger partial charge in [-0.3, -0.25) is 0 Å². The number of hydrogen-bond donors (Lipinski definition) is 2. The van der Waals surface area contributed by atoms with Crippen LogP contribution in [0.3, 0.4) is 0 Å². The van der Waals surface area contributed by atoms with Crippen LogP contribution in [0.2, 0.25) is 0 Å². The second-order valence-corrected chi connectivity index (χ2v) is 4.76. The predicted molar refractivity (Wildman–Crippen MR) is 67.6 cm³/mol. The number of hydrogen-bond acceptors (Lipinski definition) is 4. The molecule has 0 aliphatic carbocycles. The minimum Gasteiger partial charge on any atom is -0.381 e. The molecular weight excluding hydrogens is 305 g/mol. The van der Waals surface area contributed by atoms with E-state index < -0.39 is 0 Å². The first-order chi connectivity index (χ1) is 7.34. The first-order valence-electron chi connectivity index (χ1n) is 5.05. The smallest absolute Gasteiger partial charge is 0.141 e. The topological polar surface area (TPSA) is 46.2 Å². The zero-order chi connectivity index (χ0) is 10.5. The highest BCUT2D eigenvalue weighted by Gasteiger charge is 2.12. The minimum atomic E-state index is 0.485. The minimum absolute atomic E-state index is 0.485. The lowest BCUT2D eigenvalue weighted by molar-refractivity contribution is 0.0798. The Morgan fingerprint density at radius 1 is 1.40 bits per heavy atom. The Morgan fingerprint density at radius 2 is 2.20 bits per heavy atom. The third-order valence-corrected chi connectivity index (χ3v) is 3.02. The van der Waals surface area contributed by atoms with Gasteiger partial charge in [0.1, 0.15) is 5.82 Å². The Morgan fingerprint density at radius 3 is 2.93 bits per heavy atom. The fraction of sp³-hybridized carbons (Fsp3) is 0.500. The van der Waals surface area contributed by atoms with Crippen molar-refractivity contribution < 1.29 is 4.74 Å². The molecule has 1 saturated heterocycles. The molecule has 15 heavy (non-hydrogen) atoms. The lowest BCUT2D eigenvalue weighted by Crippen LogP contribution is -2.38. The molecule has 0 spiro atoms. The number of ether oxygens (including phenoxy) is 1. The van der Waals surface area contributed by atoms with Crippen molar-refractivity contribution in [2.45, 2.75) is 18.9 Å². The van der Waals surface area contributed by atoms with E-state index in [9.17, 15) is 0 Å². The highest BCUT2D eigenvalue weighted by Crippen LogP contribution is 2.10. The van der Waals surface area contributed by atoms with Gasteiger partial charge in [0.15, 0.2) is 0 Å². The van der Waals surface area contributed by atoms with Crippen LogP contribution in [-0.4, -0.2) is 24.2 Å². The van der Waals surface area contributed by atoms with Gasteiger partial charge >= 0.3 is 0 Å². The summed E-state index contributed by atoms with van der Waals surface area (Å²) in [6, 6.07) is 4.46. The zero-order valence-electron chi connectivity index (χ0n) is 8.37. The molecule has 0 unspecified atom stereocenters. The van der Waals surface area contributed by atoms with Crippen LogP contribution < -0.4 is 10.9 Å². The number of halogens is 1. The third kappa shape index (κ3) is 3.58. The van der Waals surface area contributed by atoms with Gasteiger partial charge in [0, 0.05) is 29.0 Å². The van der Waals surface area contributed by atoms with E-state index in [1.807, 2.05) is 12.1 Å². The van der Waals surface area contributed by atoms with Gasteiger partial charge in [0.25, 0.3) is 0 Å². The monoisotopic (exact) mass is 319 g/mol. The maximum Gasteiger partial charge on any atom is 0.141 e. The number of anilines is 1. The molecule has 82 valence electrons. The van der Waals surface area contributed by atoms with Gasteiger partial charge in [-0.25, -0.2) is 10.4 Å². The summed E-state index contributed by atoms with van der Waals surface area (Å²) in [6.07, 6.45) is 3.91. The number of rotatable bonds is 3. The quantitative estimate of drug-likeness (QED) is 0.659. The van der Waals surface area contributed by atoms with Gasteiger partial charge in [-0.2, -0.15) is 0 Å². The Labute approximate surface area is 103 Å². The highest BCUT2D eigenvalue weighted by atomic mass is 127. The van der Waals surface area contributed by atoms with Crippen molar-refractivity contribution >= 4 is 28.4 Å². The maximum absolute atomic E-state index is 5.29. The molecule has 5 heteroatoms. The summed E-state index contributed by atoms with van der Waals surface area (Å²) < 4.78 is 6.47. The van der Waals surface area contributed by atoms with Crippen molar-refractivity contribution in [3.8, 4) is 0 Å². The van der Waals surface area contributed by atoms with Crippen molar-refractivity contribution in [3.63, 3.8) is 0 Å². The Balaban J connectivity index is 1.81. The average molecular weight is 319 g/mol. The summed E-state index contributed by atoms with van der Waals surface area (Å²) in [7, 11) is 0. The lowest BCUT2D eigenvalue weighted by atomic mass is 10.1. The zero-order valence-corrected chi connectivity index (χ0v) is 10.5. The van der Waals surface area contributed by atoms with E-state index in [1.165, 1.54) is 3.57 Å². The van der Waals surface area contributed by atoms with E-state index >= 15 is 0 Å². The number of nitrogens with one attached hydrogen (secondary N) is 2. The Kier molecular flexibility index (Phi) is 4.16. The van der Waals surface area contributed by atoms with Crippen LogP contribution in [0.4, 0.5) is 5.82 Å². The number of nitrogens with zero attached hydrogens (tertiary/aromatic N) is 1. The van der Waals surface area contributed by atoms with Crippen LogP contribution in [0.5, 0.6) is 0 Å². The molecule has 1 aromatic rings. The van der Waals surface area contributed by atoms with Gasteiger partial charge in [-0.1, -0.05) is 0 Å². The molecule has 4 nitrogen and oxygen atoms in total. The second-order valence-electron chi connectivity index (χ2n) is 3.52. The Hall–Kier alpha value is -0.400. The number of pyridine rings is 1. The molecular formula is C10H14IN3O. The van der Waals surface area contributed by atoms with Crippen LogP contribution in [-0.2, 0) is 4.74 Å². The van der Waals surface area contributed by atoms with Crippen LogP contribution in [0.25, 0.3) is 0 Å². The molecule has 1 aromatic heterocycles. The van der Waals surface area contributed by atoms with E-state index in [2.05, 4.69) is 38.4 Å². The summed E-state index contributed by atoms with van der Waals surface area (Å²) in [4.78, 5) is 4.21. The van der Waals surface area contributed by atoms with Crippen molar-refractivity contribution in [2.75, 3.05) is 18.6 Å². The normalized spacial score (nSPS) is 17.7. The molecule has 0 saturated carbocycles. The van der Waals surface area contributed by atoms with E-state index in [4.69, 9.17) is 4.74 Å². The third-order valence-electron chi connectivity index (χ3n) is 2.35. The molecule has 0 aromatic carbocycles. The van der Waals surface area contributed by atoms with Crippen molar-refractivity contribution in [2.24, 2.45) is 0 Å². The molecule has 0 atom stereocenters. The molecule has 1 aliphatic heterocycles. The largest absolute Gasteiger partial charge is 0.381 e. The summed E-state index contributed by atoms with van der Waals surface area (Å²) >= 11 is 2.27. The van der Waals surface area contributed by atoms with Gasteiger partial charge < -0.3 is 10.2 Å². The lowest BCUT2D eigenvalue weighted by Gasteiger charge is -2.23. The fourth-order valence-electron chi connectivity index (χ4n) is 1.49. The summed E-state index contributed by atoms with van der Waals surface area (Å²) in [6.45, 7) is 1.69. The van der Waals surface area contributed by atoms with Crippen LogP contribution >= 0.6 is 22.6 Å². The van der Waals surface area contributed by atoms with Gasteiger partial charge in [0.2, 0.25) is 0 Å². The van der Waals surface area contributed by atoms with Gasteiger partial charge in [0.05, 0.1) is 0 Å². The first kappa shape index (κ1) is 11.1. The summed E-state index contributed by atoms with van der Waals surface area (Å²) in [5, 5.41) is 0. The fourth-order valence-corrected chi connectivity index (χ4v) is 1.95. The van der Waals surface area contributed by atoms with E-state index in [0.717, 1.165) is 31.9 Å². The highest BCUT2D eigenvalue weighted by molar-refractivity contribution is 14.1. The van der Waals surface area contributed by atoms with E-state index in [1.54, 1.807) is 6.20 Å². The van der Waals surface area contributed by atoms with E-state index in [-0.39, 0.29) is 0 Å². The predicted octanol–water partition coefficient (Wildman–Crippen LogP) is 1.78. The average Bonchev–Trinajstić information content (AvgIpc) is 2.28. The summed E-state index contributed by atoms with van der Waals surface area (Å²) in [5.41, 5.74) is 6.40. The summed E-state index contributed by atoms with van der Waals surface area (Å²) in [5.74, 6) is 0.869. The maximum atomic E-state index is 5.29. The molecule has 2 N–H and O–H groups in total. The molecule has 1 fully saturated rings.